The summed E-state index contributed by atoms with van der Waals surface area (Å²) in [5.74, 6) is -1.03. The number of carbonyl (C=O) groups is 2. The third-order valence-corrected chi connectivity index (χ3v) is 6.05. The molecule has 0 saturated carbocycles. The Morgan fingerprint density at radius 2 is 1.70 bits per heavy atom. The summed E-state index contributed by atoms with van der Waals surface area (Å²) in [7, 11) is -2.76. The molecule has 0 aliphatic rings. The van der Waals surface area contributed by atoms with Gasteiger partial charge in [0, 0.05) is 23.5 Å². The van der Waals surface area contributed by atoms with Gasteiger partial charge in [0.2, 0.25) is 0 Å². The van der Waals surface area contributed by atoms with E-state index in [0.717, 1.165) is 11.6 Å². The normalized spacial score (nSPS) is 10.9. The number of carbonyl (C=O) groups excluding carboxylic acids is 2. The van der Waals surface area contributed by atoms with Crippen LogP contribution in [0.4, 0.5) is 20.6 Å². The molecule has 0 unspecified atom stereocenters. The van der Waals surface area contributed by atoms with E-state index in [9.17, 15) is 22.4 Å². The molecule has 10 heteroatoms. The minimum absolute atomic E-state index is 0.168. The van der Waals surface area contributed by atoms with Gasteiger partial charge in [-0.05, 0) is 60.5 Å². The first-order valence-electron chi connectivity index (χ1n) is 9.79. The van der Waals surface area contributed by atoms with Crippen LogP contribution in [-0.4, -0.2) is 27.5 Å². The number of halogens is 1. The van der Waals surface area contributed by atoms with Crippen molar-refractivity contribution >= 4 is 33.4 Å². The molecule has 3 N–H and O–H groups in total. The molecular weight excluding hydrogens is 449 g/mol. The zero-order valence-electron chi connectivity index (χ0n) is 17.9. The smallest absolute Gasteiger partial charge is 0.411 e. The van der Waals surface area contributed by atoms with Gasteiger partial charge >= 0.3 is 6.09 Å². The fourth-order valence-corrected chi connectivity index (χ4v) is 3.90. The topological polar surface area (TPSA) is 114 Å². The Labute approximate surface area is 190 Å². The Bertz CT molecular complexity index is 1280. The highest BCUT2D eigenvalue weighted by Crippen LogP contribution is 2.19. The van der Waals surface area contributed by atoms with E-state index in [0.29, 0.717) is 11.3 Å². The Morgan fingerprint density at radius 3 is 2.36 bits per heavy atom. The summed E-state index contributed by atoms with van der Waals surface area (Å²) in [6.07, 6.45) is -0.584. The van der Waals surface area contributed by atoms with Gasteiger partial charge < -0.3 is 10.1 Å². The lowest BCUT2D eigenvalue weighted by Crippen LogP contribution is -2.23. The van der Waals surface area contributed by atoms with Gasteiger partial charge in [0.15, 0.2) is 0 Å². The summed E-state index contributed by atoms with van der Waals surface area (Å²) in [6.45, 7) is 1.75. The molecule has 2 amide bonds. The van der Waals surface area contributed by atoms with E-state index < -0.39 is 27.8 Å². The summed E-state index contributed by atoms with van der Waals surface area (Å²) < 4.78 is 45.8. The monoisotopic (exact) mass is 471 g/mol. The van der Waals surface area contributed by atoms with Crippen molar-refractivity contribution in [3.8, 4) is 0 Å². The first kappa shape index (κ1) is 23.7. The lowest BCUT2D eigenvalue weighted by atomic mass is 10.1. The second-order valence-corrected chi connectivity index (χ2v) is 8.78. The lowest BCUT2D eigenvalue weighted by Gasteiger charge is -2.11. The largest absolute Gasteiger partial charge is 0.453 e. The Morgan fingerprint density at radius 1 is 0.970 bits per heavy atom. The summed E-state index contributed by atoms with van der Waals surface area (Å²) in [4.78, 5) is 23.5. The highest BCUT2D eigenvalue weighted by molar-refractivity contribution is 7.92. The van der Waals surface area contributed by atoms with Gasteiger partial charge in [-0.15, -0.1) is 0 Å². The van der Waals surface area contributed by atoms with Crippen molar-refractivity contribution in [2.24, 2.45) is 0 Å². The summed E-state index contributed by atoms with van der Waals surface area (Å²) >= 11 is 0. The van der Waals surface area contributed by atoms with Crippen LogP contribution in [0, 0.1) is 12.7 Å². The summed E-state index contributed by atoms with van der Waals surface area (Å²) in [6, 6.07) is 16.4. The second kappa shape index (κ2) is 10.1. The van der Waals surface area contributed by atoms with Gasteiger partial charge in [0.1, 0.15) is 5.82 Å². The molecule has 0 aromatic heterocycles. The Hall–Kier alpha value is -3.92. The maximum atomic E-state index is 13.8. The summed E-state index contributed by atoms with van der Waals surface area (Å²) in [5, 5.41) is 5.27. The molecule has 8 nitrogen and oxygen atoms in total. The van der Waals surface area contributed by atoms with Gasteiger partial charge in [-0.25, -0.2) is 17.6 Å². The van der Waals surface area contributed by atoms with Crippen molar-refractivity contribution in [1.29, 1.82) is 0 Å². The molecular formula is C23H22FN3O5S. The number of aryl methyl sites for hydroxylation is 1. The number of benzene rings is 3. The molecule has 0 spiro atoms. The van der Waals surface area contributed by atoms with Crippen molar-refractivity contribution < 1.29 is 27.1 Å². The zero-order chi connectivity index (χ0) is 24.0. The molecule has 0 heterocycles. The average molecular weight is 472 g/mol. The Kier molecular flexibility index (Phi) is 7.29. The Balaban J connectivity index is 1.64. The van der Waals surface area contributed by atoms with E-state index in [1.54, 1.807) is 30.3 Å². The molecule has 3 aromatic carbocycles. The van der Waals surface area contributed by atoms with Crippen LogP contribution in [0.1, 0.15) is 21.5 Å². The standard InChI is InChI=1S/C23H22FN3O5S/c1-15-6-11-20(13-21(15)24)33(30,31)27-19-5-3-4-17(12-19)22(28)25-14-16-7-9-18(10-8-16)26-23(29)32-2/h3-13,27H,14H2,1-2H3,(H,25,28)(H,26,29). The van der Waals surface area contributed by atoms with Crippen LogP contribution in [0.3, 0.4) is 0 Å². The van der Waals surface area contributed by atoms with E-state index in [-0.39, 0.29) is 22.7 Å². The van der Waals surface area contributed by atoms with Crippen LogP contribution < -0.4 is 15.4 Å². The minimum atomic E-state index is -4.03. The number of nitrogens with one attached hydrogen (secondary N) is 3. The fraction of sp³-hybridized carbons (Fsp3) is 0.130. The third kappa shape index (κ3) is 6.30. The number of methoxy groups -OCH3 is 1. The molecule has 0 saturated heterocycles. The number of hydrogen-bond acceptors (Lipinski definition) is 5. The quantitative estimate of drug-likeness (QED) is 0.481. The first-order chi connectivity index (χ1) is 15.7. The third-order valence-electron chi connectivity index (χ3n) is 4.67. The van der Waals surface area contributed by atoms with Crippen LogP contribution in [0.15, 0.2) is 71.6 Å². The molecule has 33 heavy (non-hydrogen) atoms. The maximum absolute atomic E-state index is 13.8. The lowest BCUT2D eigenvalue weighted by molar-refractivity contribution is 0.0951. The number of sulfonamides is 1. The molecule has 172 valence electrons. The molecule has 0 fully saturated rings. The second-order valence-electron chi connectivity index (χ2n) is 7.09. The molecule has 0 aliphatic heterocycles. The van der Waals surface area contributed by atoms with Crippen LogP contribution in [0.2, 0.25) is 0 Å². The van der Waals surface area contributed by atoms with Gasteiger partial charge in [0.25, 0.3) is 15.9 Å². The highest BCUT2D eigenvalue weighted by atomic mass is 32.2. The number of ether oxygens (including phenoxy) is 1. The molecule has 0 bridgehead atoms. The van der Waals surface area contributed by atoms with Crippen LogP contribution in [-0.2, 0) is 21.3 Å². The first-order valence-corrected chi connectivity index (χ1v) is 11.3. The van der Waals surface area contributed by atoms with E-state index in [1.807, 2.05) is 0 Å². The van der Waals surface area contributed by atoms with Gasteiger partial charge in [0.05, 0.1) is 12.0 Å². The van der Waals surface area contributed by atoms with Gasteiger partial charge in [-0.1, -0.05) is 24.3 Å². The van der Waals surface area contributed by atoms with Crippen molar-refractivity contribution in [3.05, 3.63) is 89.2 Å². The molecule has 0 aliphatic carbocycles. The van der Waals surface area contributed by atoms with Crippen LogP contribution in [0.25, 0.3) is 0 Å². The highest BCUT2D eigenvalue weighted by Gasteiger charge is 2.17. The van der Waals surface area contributed by atoms with Crippen LogP contribution in [0.5, 0.6) is 0 Å². The van der Waals surface area contributed by atoms with Crippen molar-refractivity contribution in [1.82, 2.24) is 5.32 Å². The van der Waals surface area contributed by atoms with E-state index in [2.05, 4.69) is 20.1 Å². The van der Waals surface area contributed by atoms with Crippen LogP contribution >= 0.6 is 0 Å². The zero-order valence-corrected chi connectivity index (χ0v) is 18.7. The van der Waals surface area contributed by atoms with E-state index in [4.69, 9.17) is 0 Å². The maximum Gasteiger partial charge on any atom is 0.411 e. The van der Waals surface area contributed by atoms with Gasteiger partial charge in [-0.3, -0.25) is 14.8 Å². The van der Waals surface area contributed by atoms with Crippen molar-refractivity contribution in [3.63, 3.8) is 0 Å². The number of amides is 2. The minimum Gasteiger partial charge on any atom is -0.453 e. The van der Waals surface area contributed by atoms with E-state index in [1.165, 1.54) is 44.4 Å². The molecule has 0 atom stereocenters. The summed E-state index contributed by atoms with van der Waals surface area (Å²) in [5.41, 5.74) is 2.08. The van der Waals surface area contributed by atoms with Crippen molar-refractivity contribution in [2.75, 3.05) is 17.1 Å². The predicted octanol–water partition coefficient (Wildman–Crippen LogP) is 4.04. The van der Waals surface area contributed by atoms with E-state index >= 15 is 0 Å². The molecule has 3 aromatic rings. The average Bonchev–Trinajstić information content (AvgIpc) is 2.80. The SMILES string of the molecule is COC(=O)Nc1ccc(CNC(=O)c2cccc(NS(=O)(=O)c3ccc(C)c(F)c3)c2)cc1. The number of rotatable bonds is 7. The predicted molar refractivity (Wildman–Crippen MR) is 122 cm³/mol. The number of anilines is 2. The molecule has 3 rings (SSSR count). The molecule has 0 radical (unpaired) electrons. The fourth-order valence-electron chi connectivity index (χ4n) is 2.84. The number of hydrogen-bond donors (Lipinski definition) is 3. The van der Waals surface area contributed by atoms with Gasteiger partial charge in [-0.2, -0.15) is 0 Å². The van der Waals surface area contributed by atoms with Crippen molar-refractivity contribution in [2.45, 2.75) is 18.4 Å².